The van der Waals surface area contributed by atoms with Gasteiger partial charge in [-0.05, 0) is 29.8 Å². The lowest BCUT2D eigenvalue weighted by atomic mass is 10.2. The molecule has 0 unspecified atom stereocenters. The zero-order chi connectivity index (χ0) is 10.9. The second-order valence-electron chi connectivity index (χ2n) is 2.79. The number of rotatable bonds is 2. The van der Waals surface area contributed by atoms with Gasteiger partial charge in [-0.3, -0.25) is 4.98 Å². The van der Waals surface area contributed by atoms with Crippen molar-refractivity contribution in [2.75, 3.05) is 0 Å². The molecule has 0 N–H and O–H groups in total. The minimum Gasteiger partial charge on any atom is -0.265 e. The standard InChI is InChI=1S/C9H6ClNO2S2/c10-15(12,13)9-2-1-8(14-9)7-3-5-11-6-4-7/h1-6H. The maximum Gasteiger partial charge on any atom is 0.270 e. The summed E-state index contributed by atoms with van der Waals surface area (Å²) in [4.78, 5) is 4.74. The largest absolute Gasteiger partial charge is 0.270 e. The molecule has 0 atom stereocenters. The molecule has 0 aromatic carbocycles. The summed E-state index contributed by atoms with van der Waals surface area (Å²) < 4.78 is 22.2. The van der Waals surface area contributed by atoms with E-state index in [1.54, 1.807) is 18.5 Å². The highest BCUT2D eigenvalue weighted by atomic mass is 35.7. The molecule has 0 amide bonds. The van der Waals surface area contributed by atoms with Crippen molar-refractivity contribution >= 4 is 31.1 Å². The summed E-state index contributed by atoms with van der Waals surface area (Å²) >= 11 is 1.15. The van der Waals surface area contributed by atoms with Gasteiger partial charge in [-0.2, -0.15) is 0 Å². The van der Waals surface area contributed by atoms with Crippen LogP contribution in [0.25, 0.3) is 10.4 Å². The van der Waals surface area contributed by atoms with E-state index in [1.165, 1.54) is 6.07 Å². The summed E-state index contributed by atoms with van der Waals surface area (Å²) in [6.07, 6.45) is 3.31. The van der Waals surface area contributed by atoms with Gasteiger partial charge in [0.05, 0.1) is 0 Å². The van der Waals surface area contributed by atoms with Crippen LogP contribution >= 0.6 is 22.0 Å². The lowest BCUT2D eigenvalue weighted by molar-refractivity contribution is 0.611. The van der Waals surface area contributed by atoms with Crippen LogP contribution in [-0.2, 0) is 9.05 Å². The molecule has 2 aromatic rings. The first-order valence-corrected chi connectivity index (χ1v) is 7.15. The molecule has 3 nitrogen and oxygen atoms in total. The van der Waals surface area contributed by atoms with Crippen molar-refractivity contribution in [2.45, 2.75) is 4.21 Å². The Morgan fingerprint density at radius 3 is 2.33 bits per heavy atom. The molecule has 78 valence electrons. The highest BCUT2D eigenvalue weighted by Crippen LogP contribution is 2.31. The van der Waals surface area contributed by atoms with Gasteiger partial charge in [-0.15, -0.1) is 11.3 Å². The molecule has 0 aliphatic carbocycles. The molecule has 0 saturated carbocycles. The molecule has 0 aliphatic heterocycles. The first-order valence-electron chi connectivity index (χ1n) is 4.02. The van der Waals surface area contributed by atoms with E-state index < -0.39 is 9.05 Å². The van der Waals surface area contributed by atoms with E-state index in [9.17, 15) is 8.42 Å². The molecule has 0 aliphatic rings. The lowest BCUT2D eigenvalue weighted by Gasteiger charge is -1.93. The Bertz CT molecular complexity index is 563. The van der Waals surface area contributed by atoms with Crippen LogP contribution in [0.5, 0.6) is 0 Å². The zero-order valence-corrected chi connectivity index (χ0v) is 9.81. The van der Waals surface area contributed by atoms with E-state index in [1.807, 2.05) is 12.1 Å². The molecule has 0 bridgehead atoms. The third kappa shape index (κ3) is 2.37. The van der Waals surface area contributed by atoms with E-state index in [0.29, 0.717) is 0 Å². The molecule has 15 heavy (non-hydrogen) atoms. The van der Waals surface area contributed by atoms with Crippen LogP contribution in [0.3, 0.4) is 0 Å². The normalized spacial score (nSPS) is 11.5. The van der Waals surface area contributed by atoms with Gasteiger partial charge in [-0.25, -0.2) is 8.42 Å². The Hall–Kier alpha value is -0.910. The van der Waals surface area contributed by atoms with Crippen LogP contribution < -0.4 is 0 Å². The third-order valence-electron chi connectivity index (χ3n) is 1.79. The van der Waals surface area contributed by atoms with Crippen LogP contribution in [0.2, 0.25) is 0 Å². The highest BCUT2D eigenvalue weighted by Gasteiger charge is 2.13. The van der Waals surface area contributed by atoms with E-state index >= 15 is 0 Å². The predicted molar refractivity (Wildman–Crippen MR) is 60.6 cm³/mol. The van der Waals surface area contributed by atoms with Crippen molar-refractivity contribution in [1.29, 1.82) is 0 Å². The van der Waals surface area contributed by atoms with Gasteiger partial charge in [0.2, 0.25) is 0 Å². The average Bonchev–Trinajstić information content (AvgIpc) is 2.67. The number of hydrogen-bond donors (Lipinski definition) is 0. The lowest BCUT2D eigenvalue weighted by Crippen LogP contribution is -1.83. The Balaban J connectivity index is 2.46. The van der Waals surface area contributed by atoms with Crippen molar-refractivity contribution in [3.8, 4) is 10.4 Å². The van der Waals surface area contributed by atoms with Gasteiger partial charge in [0.25, 0.3) is 9.05 Å². The molecule has 6 heteroatoms. The fraction of sp³-hybridized carbons (Fsp3) is 0. The van der Waals surface area contributed by atoms with Gasteiger partial charge in [0.1, 0.15) is 4.21 Å². The monoisotopic (exact) mass is 259 g/mol. The zero-order valence-electron chi connectivity index (χ0n) is 7.42. The number of hydrogen-bond acceptors (Lipinski definition) is 4. The molecule has 0 fully saturated rings. The summed E-state index contributed by atoms with van der Waals surface area (Å²) in [6.45, 7) is 0. The van der Waals surface area contributed by atoms with Crippen LogP contribution in [0.1, 0.15) is 0 Å². The van der Waals surface area contributed by atoms with Crippen LogP contribution in [0.15, 0.2) is 40.9 Å². The number of aromatic nitrogens is 1. The summed E-state index contributed by atoms with van der Waals surface area (Å²) in [5.41, 5.74) is 0.932. The minimum absolute atomic E-state index is 0.163. The molecule has 0 spiro atoms. The Labute approximate surface area is 95.8 Å². The van der Waals surface area contributed by atoms with Crippen molar-refractivity contribution < 1.29 is 8.42 Å². The van der Waals surface area contributed by atoms with Crippen LogP contribution in [0.4, 0.5) is 0 Å². The fourth-order valence-corrected chi connectivity index (χ4v) is 3.20. The number of thiophene rings is 1. The molecular weight excluding hydrogens is 254 g/mol. The molecule has 2 rings (SSSR count). The molecule has 2 heterocycles. The van der Waals surface area contributed by atoms with Crippen molar-refractivity contribution in [3.63, 3.8) is 0 Å². The molecule has 0 saturated heterocycles. The SMILES string of the molecule is O=S(=O)(Cl)c1ccc(-c2ccncc2)s1. The third-order valence-corrected chi connectivity index (χ3v) is 5.01. The molecule has 2 aromatic heterocycles. The van der Waals surface area contributed by atoms with Gasteiger partial charge in [0.15, 0.2) is 0 Å². The van der Waals surface area contributed by atoms with Gasteiger partial charge in [-0.1, -0.05) is 0 Å². The topological polar surface area (TPSA) is 47.0 Å². The maximum absolute atomic E-state index is 11.0. The first-order chi connectivity index (χ1) is 7.07. The van der Waals surface area contributed by atoms with Crippen molar-refractivity contribution in [2.24, 2.45) is 0 Å². The summed E-state index contributed by atoms with van der Waals surface area (Å²) in [5.74, 6) is 0. The smallest absolute Gasteiger partial charge is 0.265 e. The first kappa shape index (κ1) is 10.6. The predicted octanol–water partition coefficient (Wildman–Crippen LogP) is 2.74. The summed E-state index contributed by atoms with van der Waals surface area (Å²) in [6, 6.07) is 6.87. The second kappa shape index (κ2) is 3.92. The Kier molecular flexibility index (Phi) is 2.77. The molecular formula is C9H6ClNO2S2. The van der Waals surface area contributed by atoms with Crippen LogP contribution in [-0.4, -0.2) is 13.4 Å². The fourth-order valence-electron chi connectivity index (χ4n) is 1.12. The van der Waals surface area contributed by atoms with E-state index in [4.69, 9.17) is 10.7 Å². The maximum atomic E-state index is 11.0. The van der Waals surface area contributed by atoms with Gasteiger partial charge >= 0.3 is 0 Å². The Morgan fingerprint density at radius 2 is 1.80 bits per heavy atom. The van der Waals surface area contributed by atoms with Gasteiger partial charge < -0.3 is 0 Å². The number of nitrogens with zero attached hydrogens (tertiary/aromatic N) is 1. The second-order valence-corrected chi connectivity index (χ2v) is 6.67. The van der Waals surface area contributed by atoms with E-state index in [0.717, 1.165) is 21.8 Å². The number of halogens is 1. The minimum atomic E-state index is -3.61. The van der Waals surface area contributed by atoms with E-state index in [-0.39, 0.29) is 4.21 Å². The molecule has 0 radical (unpaired) electrons. The van der Waals surface area contributed by atoms with Crippen molar-refractivity contribution in [1.82, 2.24) is 4.98 Å². The summed E-state index contributed by atoms with van der Waals surface area (Å²) in [5, 5.41) is 0. The van der Waals surface area contributed by atoms with Gasteiger partial charge in [0, 0.05) is 28.0 Å². The van der Waals surface area contributed by atoms with Crippen LogP contribution in [0, 0.1) is 0 Å². The van der Waals surface area contributed by atoms with Crippen molar-refractivity contribution in [3.05, 3.63) is 36.7 Å². The quantitative estimate of drug-likeness (QED) is 0.779. The van der Waals surface area contributed by atoms with E-state index in [2.05, 4.69) is 4.98 Å². The Morgan fingerprint density at radius 1 is 1.13 bits per heavy atom. The number of pyridine rings is 1. The highest BCUT2D eigenvalue weighted by molar-refractivity contribution is 8.15. The summed E-state index contributed by atoms with van der Waals surface area (Å²) in [7, 11) is 1.61. The average molecular weight is 260 g/mol.